The van der Waals surface area contributed by atoms with Gasteiger partial charge in [0.2, 0.25) is 5.91 Å². The van der Waals surface area contributed by atoms with Crippen molar-refractivity contribution in [2.45, 2.75) is 19.4 Å². The lowest BCUT2D eigenvalue weighted by atomic mass is 10.2. The number of ether oxygens (including phenoxy) is 2. The highest BCUT2D eigenvalue weighted by molar-refractivity contribution is 5.76. The molecule has 1 aliphatic heterocycles. The topological polar surface area (TPSA) is 64.6 Å². The molecule has 1 atom stereocenters. The van der Waals surface area contributed by atoms with Crippen LogP contribution in [0.4, 0.5) is 0 Å². The van der Waals surface area contributed by atoms with E-state index in [2.05, 4.69) is 9.97 Å². The molecule has 6 nitrogen and oxygen atoms in total. The number of aromatic nitrogens is 2. The summed E-state index contributed by atoms with van der Waals surface area (Å²) < 4.78 is 11.4. The molecule has 1 amide bonds. The van der Waals surface area contributed by atoms with Gasteiger partial charge >= 0.3 is 0 Å². The van der Waals surface area contributed by atoms with Crippen molar-refractivity contribution in [3.63, 3.8) is 0 Å². The monoisotopic (exact) mass is 327 g/mol. The number of morpholine rings is 1. The van der Waals surface area contributed by atoms with Crippen LogP contribution >= 0.6 is 0 Å². The van der Waals surface area contributed by atoms with Crippen molar-refractivity contribution in [3.05, 3.63) is 54.1 Å². The molecule has 126 valence electrons. The van der Waals surface area contributed by atoms with Crippen LogP contribution in [-0.2, 0) is 9.53 Å². The standard InChI is InChI=1S/C18H21N3O3/c1-14-19-9-7-16(20-14)17-13-21(10-12-24-17)18(22)8-11-23-15-5-3-2-4-6-15/h2-7,9,17H,8,10-13H2,1H3. The summed E-state index contributed by atoms with van der Waals surface area (Å²) in [6.45, 7) is 3.85. The second-order valence-electron chi connectivity index (χ2n) is 5.64. The summed E-state index contributed by atoms with van der Waals surface area (Å²) in [6.07, 6.45) is 1.87. The molecule has 1 aromatic carbocycles. The molecular formula is C18H21N3O3. The predicted molar refractivity (Wildman–Crippen MR) is 88.6 cm³/mol. The first kappa shape index (κ1) is 16.4. The van der Waals surface area contributed by atoms with Crippen molar-refractivity contribution in [3.8, 4) is 5.75 Å². The number of aryl methyl sites for hydroxylation is 1. The maximum Gasteiger partial charge on any atom is 0.226 e. The first-order chi connectivity index (χ1) is 11.7. The van der Waals surface area contributed by atoms with Gasteiger partial charge in [-0.3, -0.25) is 4.79 Å². The third-order valence-corrected chi connectivity index (χ3v) is 3.87. The van der Waals surface area contributed by atoms with Crippen molar-refractivity contribution in [1.29, 1.82) is 0 Å². The van der Waals surface area contributed by atoms with Crippen LogP contribution in [0.5, 0.6) is 5.75 Å². The van der Waals surface area contributed by atoms with Gasteiger partial charge in [0.15, 0.2) is 0 Å². The van der Waals surface area contributed by atoms with Gasteiger partial charge in [-0.05, 0) is 25.1 Å². The fraction of sp³-hybridized carbons (Fsp3) is 0.389. The third kappa shape index (κ3) is 4.29. The Balaban J connectivity index is 1.51. The average molecular weight is 327 g/mol. The SMILES string of the molecule is Cc1nccc(C2CN(C(=O)CCOc3ccccc3)CCO2)n1. The van der Waals surface area contributed by atoms with Crippen LogP contribution in [0.3, 0.4) is 0 Å². The predicted octanol–water partition coefficient (Wildman–Crippen LogP) is 2.15. The molecular weight excluding hydrogens is 306 g/mol. The lowest BCUT2D eigenvalue weighted by molar-refractivity contribution is -0.139. The molecule has 1 aliphatic rings. The van der Waals surface area contributed by atoms with Crippen LogP contribution in [0, 0.1) is 6.92 Å². The van der Waals surface area contributed by atoms with Crippen molar-refractivity contribution in [2.24, 2.45) is 0 Å². The van der Waals surface area contributed by atoms with Crippen molar-refractivity contribution in [1.82, 2.24) is 14.9 Å². The molecule has 1 saturated heterocycles. The number of rotatable bonds is 5. The van der Waals surface area contributed by atoms with E-state index < -0.39 is 0 Å². The van der Waals surface area contributed by atoms with Gasteiger partial charge in [-0.15, -0.1) is 0 Å². The van der Waals surface area contributed by atoms with Gasteiger partial charge in [-0.1, -0.05) is 18.2 Å². The van der Waals surface area contributed by atoms with Crippen LogP contribution in [0.15, 0.2) is 42.6 Å². The minimum absolute atomic E-state index is 0.0741. The lowest BCUT2D eigenvalue weighted by Crippen LogP contribution is -2.42. The van der Waals surface area contributed by atoms with Gasteiger partial charge in [0.05, 0.1) is 31.9 Å². The van der Waals surface area contributed by atoms with Gasteiger partial charge in [-0.25, -0.2) is 9.97 Å². The summed E-state index contributed by atoms with van der Waals surface area (Å²) in [6, 6.07) is 11.4. The number of para-hydroxylation sites is 1. The maximum atomic E-state index is 12.4. The number of benzene rings is 1. The first-order valence-corrected chi connectivity index (χ1v) is 8.09. The molecule has 1 fully saturated rings. The average Bonchev–Trinajstić information content (AvgIpc) is 2.63. The molecule has 3 rings (SSSR count). The zero-order valence-electron chi connectivity index (χ0n) is 13.7. The Morgan fingerprint density at radius 3 is 2.96 bits per heavy atom. The van der Waals surface area contributed by atoms with E-state index in [1.807, 2.05) is 48.2 Å². The highest BCUT2D eigenvalue weighted by Gasteiger charge is 2.26. The lowest BCUT2D eigenvalue weighted by Gasteiger charge is -2.32. The molecule has 0 bridgehead atoms. The molecule has 0 saturated carbocycles. The second-order valence-corrected chi connectivity index (χ2v) is 5.64. The van der Waals surface area contributed by atoms with E-state index in [0.29, 0.717) is 38.5 Å². The number of amides is 1. The molecule has 2 aromatic rings. The quantitative estimate of drug-likeness (QED) is 0.842. The van der Waals surface area contributed by atoms with E-state index in [0.717, 1.165) is 11.4 Å². The normalized spacial score (nSPS) is 17.5. The minimum Gasteiger partial charge on any atom is -0.493 e. The van der Waals surface area contributed by atoms with E-state index in [1.54, 1.807) is 6.20 Å². The highest BCUT2D eigenvalue weighted by Crippen LogP contribution is 2.21. The van der Waals surface area contributed by atoms with Crippen LogP contribution < -0.4 is 4.74 Å². The van der Waals surface area contributed by atoms with Gasteiger partial charge in [0.1, 0.15) is 17.7 Å². The molecule has 1 unspecified atom stereocenters. The fourth-order valence-electron chi connectivity index (χ4n) is 2.64. The van der Waals surface area contributed by atoms with E-state index in [9.17, 15) is 4.79 Å². The van der Waals surface area contributed by atoms with Crippen LogP contribution in [0.25, 0.3) is 0 Å². The smallest absolute Gasteiger partial charge is 0.226 e. The number of carbonyl (C=O) groups excluding carboxylic acids is 1. The van der Waals surface area contributed by atoms with Gasteiger partial charge in [0.25, 0.3) is 0 Å². The Labute approximate surface area is 141 Å². The largest absolute Gasteiger partial charge is 0.493 e. The van der Waals surface area contributed by atoms with Gasteiger partial charge in [-0.2, -0.15) is 0 Å². The summed E-state index contributed by atoms with van der Waals surface area (Å²) in [5.74, 6) is 1.56. The first-order valence-electron chi connectivity index (χ1n) is 8.09. The second kappa shape index (κ2) is 7.88. The van der Waals surface area contributed by atoms with Crippen molar-refractivity contribution in [2.75, 3.05) is 26.3 Å². The number of hydrogen-bond acceptors (Lipinski definition) is 5. The highest BCUT2D eigenvalue weighted by atomic mass is 16.5. The molecule has 0 radical (unpaired) electrons. The Hall–Kier alpha value is -2.47. The zero-order valence-corrected chi connectivity index (χ0v) is 13.7. The Bertz CT molecular complexity index is 678. The summed E-state index contributed by atoms with van der Waals surface area (Å²) in [4.78, 5) is 22.7. The zero-order chi connectivity index (χ0) is 16.8. The molecule has 0 aliphatic carbocycles. The maximum absolute atomic E-state index is 12.4. The summed E-state index contributed by atoms with van der Waals surface area (Å²) in [5, 5.41) is 0. The number of hydrogen-bond donors (Lipinski definition) is 0. The van der Waals surface area contributed by atoms with E-state index >= 15 is 0 Å². The summed E-state index contributed by atoms with van der Waals surface area (Å²) in [7, 11) is 0. The van der Waals surface area contributed by atoms with Gasteiger partial charge in [0, 0.05) is 12.7 Å². The molecule has 24 heavy (non-hydrogen) atoms. The molecule has 6 heteroatoms. The van der Waals surface area contributed by atoms with Crippen molar-refractivity contribution >= 4 is 5.91 Å². The fourth-order valence-corrected chi connectivity index (χ4v) is 2.64. The Morgan fingerprint density at radius 1 is 1.33 bits per heavy atom. The number of nitrogens with zero attached hydrogens (tertiary/aromatic N) is 3. The molecule has 0 spiro atoms. The van der Waals surface area contributed by atoms with Crippen LogP contribution in [0.1, 0.15) is 24.0 Å². The molecule has 0 N–H and O–H groups in total. The van der Waals surface area contributed by atoms with E-state index in [1.165, 1.54) is 0 Å². The minimum atomic E-state index is -0.195. The molecule has 2 heterocycles. The van der Waals surface area contributed by atoms with Crippen molar-refractivity contribution < 1.29 is 14.3 Å². The summed E-state index contributed by atoms with van der Waals surface area (Å²) >= 11 is 0. The third-order valence-electron chi connectivity index (χ3n) is 3.87. The van der Waals surface area contributed by atoms with Gasteiger partial charge < -0.3 is 14.4 Å². The number of carbonyl (C=O) groups is 1. The summed E-state index contributed by atoms with van der Waals surface area (Å²) in [5.41, 5.74) is 0.820. The van der Waals surface area contributed by atoms with E-state index in [4.69, 9.17) is 9.47 Å². The Kier molecular flexibility index (Phi) is 5.38. The van der Waals surface area contributed by atoms with Crippen LogP contribution in [-0.4, -0.2) is 47.1 Å². The van der Waals surface area contributed by atoms with Crippen LogP contribution in [0.2, 0.25) is 0 Å². The van der Waals surface area contributed by atoms with E-state index in [-0.39, 0.29) is 12.0 Å². The Morgan fingerprint density at radius 2 is 2.17 bits per heavy atom. The molecule has 1 aromatic heterocycles.